The van der Waals surface area contributed by atoms with E-state index in [9.17, 15) is 4.79 Å². The van der Waals surface area contributed by atoms with Gasteiger partial charge in [0, 0.05) is 17.4 Å². The summed E-state index contributed by atoms with van der Waals surface area (Å²) >= 11 is 3.49. The highest BCUT2D eigenvalue weighted by molar-refractivity contribution is 9.10. The molecule has 1 aliphatic heterocycles. The average Bonchev–Trinajstić information content (AvgIpc) is 2.88. The Bertz CT molecular complexity index is 490. The van der Waals surface area contributed by atoms with E-state index in [4.69, 9.17) is 9.47 Å². The van der Waals surface area contributed by atoms with Crippen LogP contribution in [0, 0.1) is 0 Å². The molecule has 0 aliphatic carbocycles. The SMILES string of the molecule is COC(=O)C1CC(Oc2ccc(Br)cc2C(C)C)CN1. The van der Waals surface area contributed by atoms with E-state index in [0.29, 0.717) is 18.9 Å². The van der Waals surface area contributed by atoms with Gasteiger partial charge in [-0.05, 0) is 29.7 Å². The Hall–Kier alpha value is -1.07. The molecule has 0 radical (unpaired) electrons. The van der Waals surface area contributed by atoms with Crippen molar-refractivity contribution >= 4 is 21.9 Å². The van der Waals surface area contributed by atoms with E-state index in [2.05, 4.69) is 41.2 Å². The molecule has 1 N–H and O–H groups in total. The maximum absolute atomic E-state index is 11.5. The molecule has 0 spiro atoms. The van der Waals surface area contributed by atoms with Crippen LogP contribution >= 0.6 is 15.9 Å². The van der Waals surface area contributed by atoms with Crippen molar-refractivity contribution in [3.05, 3.63) is 28.2 Å². The van der Waals surface area contributed by atoms with Crippen molar-refractivity contribution in [3.8, 4) is 5.75 Å². The molecular weight excluding hydrogens is 322 g/mol. The minimum absolute atomic E-state index is 0.00206. The van der Waals surface area contributed by atoms with Crippen LogP contribution in [0.4, 0.5) is 0 Å². The number of esters is 1. The summed E-state index contributed by atoms with van der Waals surface area (Å²) < 4.78 is 11.9. The second-order valence-electron chi connectivity index (χ2n) is 5.30. The smallest absolute Gasteiger partial charge is 0.323 e. The number of halogens is 1. The molecule has 0 aromatic heterocycles. The molecule has 1 aliphatic rings. The zero-order valence-corrected chi connectivity index (χ0v) is 13.6. The quantitative estimate of drug-likeness (QED) is 0.855. The summed E-state index contributed by atoms with van der Waals surface area (Å²) in [7, 11) is 1.41. The Kier molecular flexibility index (Phi) is 5.05. The Labute approximate surface area is 128 Å². The van der Waals surface area contributed by atoms with Gasteiger partial charge in [-0.25, -0.2) is 0 Å². The summed E-state index contributed by atoms with van der Waals surface area (Å²) in [5.41, 5.74) is 1.17. The predicted molar refractivity (Wildman–Crippen MR) is 81.1 cm³/mol. The van der Waals surface area contributed by atoms with Gasteiger partial charge in [-0.1, -0.05) is 29.8 Å². The second-order valence-corrected chi connectivity index (χ2v) is 6.21. The van der Waals surface area contributed by atoms with Crippen molar-refractivity contribution < 1.29 is 14.3 Å². The first-order valence-corrected chi connectivity index (χ1v) is 7.58. The topological polar surface area (TPSA) is 47.6 Å². The van der Waals surface area contributed by atoms with Crippen molar-refractivity contribution in [2.75, 3.05) is 13.7 Å². The predicted octanol–water partition coefficient (Wildman–Crippen LogP) is 2.85. The van der Waals surface area contributed by atoms with Gasteiger partial charge in [0.25, 0.3) is 0 Å². The van der Waals surface area contributed by atoms with E-state index in [1.165, 1.54) is 12.7 Å². The van der Waals surface area contributed by atoms with Gasteiger partial charge in [0.15, 0.2) is 0 Å². The summed E-state index contributed by atoms with van der Waals surface area (Å²) in [6, 6.07) is 5.77. The molecule has 1 aromatic carbocycles. The minimum atomic E-state index is -0.261. The summed E-state index contributed by atoms with van der Waals surface area (Å²) in [4.78, 5) is 11.5. The Balaban J connectivity index is 2.06. The van der Waals surface area contributed by atoms with E-state index < -0.39 is 0 Å². The van der Waals surface area contributed by atoms with Crippen molar-refractivity contribution in [2.24, 2.45) is 0 Å². The fourth-order valence-electron chi connectivity index (χ4n) is 2.37. The maximum Gasteiger partial charge on any atom is 0.323 e. The number of carbonyl (C=O) groups is 1. The molecule has 1 saturated heterocycles. The van der Waals surface area contributed by atoms with Crippen molar-refractivity contribution in [1.82, 2.24) is 5.32 Å². The largest absolute Gasteiger partial charge is 0.489 e. The minimum Gasteiger partial charge on any atom is -0.489 e. The number of methoxy groups -OCH3 is 1. The van der Waals surface area contributed by atoms with Gasteiger partial charge in [-0.15, -0.1) is 0 Å². The van der Waals surface area contributed by atoms with Crippen LogP contribution in [-0.2, 0) is 9.53 Å². The van der Waals surface area contributed by atoms with Crippen molar-refractivity contribution in [1.29, 1.82) is 0 Å². The lowest BCUT2D eigenvalue weighted by molar-refractivity contribution is -0.142. The lowest BCUT2D eigenvalue weighted by atomic mass is 10.0. The van der Waals surface area contributed by atoms with Crippen molar-refractivity contribution in [2.45, 2.75) is 38.3 Å². The third kappa shape index (κ3) is 3.52. The normalized spacial score (nSPS) is 22.1. The third-order valence-electron chi connectivity index (χ3n) is 3.46. The molecule has 1 heterocycles. The van der Waals surface area contributed by atoms with Crippen molar-refractivity contribution in [3.63, 3.8) is 0 Å². The number of benzene rings is 1. The molecule has 4 nitrogen and oxygen atoms in total. The zero-order chi connectivity index (χ0) is 14.7. The Morgan fingerprint density at radius 1 is 1.45 bits per heavy atom. The lowest BCUT2D eigenvalue weighted by Crippen LogP contribution is -2.31. The number of hydrogen-bond acceptors (Lipinski definition) is 4. The molecular formula is C15H20BrNO3. The van der Waals surface area contributed by atoms with Crippen LogP contribution in [-0.4, -0.2) is 31.8 Å². The maximum atomic E-state index is 11.5. The van der Waals surface area contributed by atoms with Gasteiger partial charge in [0.05, 0.1) is 7.11 Å². The van der Waals surface area contributed by atoms with E-state index >= 15 is 0 Å². The molecule has 2 rings (SSSR count). The first-order chi connectivity index (χ1) is 9.51. The standard InChI is InChI=1S/C15H20BrNO3/c1-9(2)12-6-10(16)4-5-14(12)20-11-7-13(17-8-11)15(18)19-3/h4-6,9,11,13,17H,7-8H2,1-3H3. The van der Waals surface area contributed by atoms with Crippen LogP contribution in [0.3, 0.4) is 0 Å². The molecule has 0 saturated carbocycles. The number of rotatable bonds is 4. The summed E-state index contributed by atoms with van der Waals surface area (Å²) in [6.45, 7) is 4.94. The fraction of sp³-hybridized carbons (Fsp3) is 0.533. The van der Waals surface area contributed by atoms with Crippen LogP contribution in [0.2, 0.25) is 0 Å². The van der Waals surface area contributed by atoms with E-state index in [1.807, 2.05) is 12.1 Å². The zero-order valence-electron chi connectivity index (χ0n) is 12.0. The van der Waals surface area contributed by atoms with Gasteiger partial charge in [-0.3, -0.25) is 4.79 Å². The second kappa shape index (κ2) is 6.59. The molecule has 5 heteroatoms. The molecule has 20 heavy (non-hydrogen) atoms. The van der Waals surface area contributed by atoms with Gasteiger partial charge >= 0.3 is 5.97 Å². The number of carbonyl (C=O) groups excluding carboxylic acids is 1. The lowest BCUT2D eigenvalue weighted by Gasteiger charge is -2.18. The third-order valence-corrected chi connectivity index (χ3v) is 3.96. The average molecular weight is 342 g/mol. The molecule has 2 atom stereocenters. The van der Waals surface area contributed by atoms with E-state index in [0.717, 1.165) is 10.2 Å². The van der Waals surface area contributed by atoms with Gasteiger partial charge < -0.3 is 14.8 Å². The van der Waals surface area contributed by atoms with Crippen LogP contribution in [0.1, 0.15) is 31.7 Å². The van der Waals surface area contributed by atoms with Crippen LogP contribution in [0.15, 0.2) is 22.7 Å². The van der Waals surface area contributed by atoms with Gasteiger partial charge in [0.1, 0.15) is 17.9 Å². The van der Waals surface area contributed by atoms with E-state index in [1.54, 1.807) is 0 Å². The summed E-state index contributed by atoms with van der Waals surface area (Å²) in [5.74, 6) is 1.05. The summed E-state index contributed by atoms with van der Waals surface area (Å²) in [6.07, 6.45) is 0.637. The first kappa shape index (κ1) is 15.3. The van der Waals surface area contributed by atoms with Gasteiger partial charge in [0.2, 0.25) is 0 Å². The monoisotopic (exact) mass is 341 g/mol. The number of nitrogens with one attached hydrogen (secondary N) is 1. The van der Waals surface area contributed by atoms with Crippen LogP contribution < -0.4 is 10.1 Å². The Morgan fingerprint density at radius 3 is 2.85 bits per heavy atom. The molecule has 0 amide bonds. The Morgan fingerprint density at radius 2 is 2.20 bits per heavy atom. The highest BCUT2D eigenvalue weighted by atomic mass is 79.9. The fourth-order valence-corrected chi connectivity index (χ4v) is 2.75. The van der Waals surface area contributed by atoms with Crippen LogP contribution in [0.25, 0.3) is 0 Å². The molecule has 1 aromatic rings. The highest BCUT2D eigenvalue weighted by Crippen LogP contribution is 2.31. The highest BCUT2D eigenvalue weighted by Gasteiger charge is 2.31. The first-order valence-electron chi connectivity index (χ1n) is 6.78. The number of hydrogen-bond donors (Lipinski definition) is 1. The number of ether oxygens (including phenoxy) is 2. The van der Waals surface area contributed by atoms with Gasteiger partial charge in [-0.2, -0.15) is 0 Å². The molecule has 0 bridgehead atoms. The van der Waals surface area contributed by atoms with Crippen LogP contribution in [0.5, 0.6) is 5.75 Å². The molecule has 1 fully saturated rings. The summed E-state index contributed by atoms with van der Waals surface area (Å²) in [5, 5.41) is 3.13. The van der Waals surface area contributed by atoms with E-state index in [-0.39, 0.29) is 18.1 Å². The molecule has 110 valence electrons. The molecule has 2 unspecified atom stereocenters.